The number of phenolic OH excluding ortho intramolecular Hbond substituents is 1. The molecule has 3 amide bonds. The molecule has 12 heteroatoms. The van der Waals surface area contributed by atoms with Crippen LogP contribution in [-0.2, 0) is 32.0 Å². The first kappa shape index (κ1) is 28.2. The molecule has 0 saturated carbocycles. The summed E-state index contributed by atoms with van der Waals surface area (Å²) in [5, 5.41) is 37.1. The summed E-state index contributed by atoms with van der Waals surface area (Å²) in [6.07, 6.45) is 1.60. The van der Waals surface area contributed by atoms with Crippen molar-refractivity contribution >= 4 is 34.6 Å². The molecule has 3 rings (SSSR count). The molecule has 0 bridgehead atoms. The van der Waals surface area contributed by atoms with E-state index in [1.165, 1.54) is 19.1 Å². The zero-order valence-electron chi connectivity index (χ0n) is 20.7. The lowest BCUT2D eigenvalue weighted by Crippen LogP contribution is -2.58. The standard InChI is InChI=1S/C26H31N5O7/c1-14(27)23(34)31-22(13-32)25(36)29-20(10-15-6-8-17(33)9-7-15)24(35)30-21(26(37)38)11-16-12-28-19-5-3-2-4-18(16)19/h2-9,12,14,20-22,28,32-33H,10-11,13,27H2,1H3,(H,29,36)(H,30,35)(H,31,34)(H,37,38). The molecule has 4 unspecified atom stereocenters. The number of carbonyl (C=O) groups is 4. The maximum absolute atomic E-state index is 13.3. The lowest BCUT2D eigenvalue weighted by atomic mass is 10.0. The zero-order valence-corrected chi connectivity index (χ0v) is 20.7. The second-order valence-electron chi connectivity index (χ2n) is 8.93. The van der Waals surface area contributed by atoms with Crippen molar-refractivity contribution < 1.29 is 34.5 Å². The summed E-state index contributed by atoms with van der Waals surface area (Å²) in [5.74, 6) is -3.58. The molecule has 9 N–H and O–H groups in total. The first-order valence-electron chi connectivity index (χ1n) is 11.9. The van der Waals surface area contributed by atoms with Crippen molar-refractivity contribution in [3.05, 3.63) is 65.9 Å². The number of aliphatic carboxylic acids is 1. The Hall–Kier alpha value is -4.42. The minimum atomic E-state index is -1.38. The van der Waals surface area contributed by atoms with Gasteiger partial charge >= 0.3 is 5.97 Å². The van der Waals surface area contributed by atoms with Crippen LogP contribution in [0.15, 0.2) is 54.7 Å². The third-order valence-electron chi connectivity index (χ3n) is 5.95. The minimum absolute atomic E-state index is 0.00224. The Morgan fingerprint density at radius 3 is 2.11 bits per heavy atom. The number of carboxylic acids is 1. The number of aliphatic hydroxyl groups is 1. The number of aliphatic hydroxyl groups excluding tert-OH is 1. The topological polar surface area (TPSA) is 207 Å². The molecule has 1 heterocycles. The Kier molecular flexibility index (Phi) is 9.41. The van der Waals surface area contributed by atoms with Crippen LogP contribution < -0.4 is 21.7 Å². The molecule has 0 saturated heterocycles. The molecular weight excluding hydrogens is 494 g/mol. The minimum Gasteiger partial charge on any atom is -0.508 e. The van der Waals surface area contributed by atoms with Crippen LogP contribution in [0.5, 0.6) is 5.75 Å². The first-order valence-corrected chi connectivity index (χ1v) is 11.9. The van der Waals surface area contributed by atoms with Crippen LogP contribution in [0.1, 0.15) is 18.1 Å². The van der Waals surface area contributed by atoms with E-state index in [1.54, 1.807) is 18.3 Å². The summed E-state index contributed by atoms with van der Waals surface area (Å²) in [7, 11) is 0. The molecule has 38 heavy (non-hydrogen) atoms. The molecule has 3 aromatic rings. The maximum atomic E-state index is 13.3. The van der Waals surface area contributed by atoms with Gasteiger partial charge in [0.05, 0.1) is 12.6 Å². The van der Waals surface area contributed by atoms with Crippen molar-refractivity contribution in [2.24, 2.45) is 5.73 Å². The number of fused-ring (bicyclic) bond motifs is 1. The van der Waals surface area contributed by atoms with Gasteiger partial charge in [0.2, 0.25) is 17.7 Å². The number of nitrogens with one attached hydrogen (secondary N) is 4. The second-order valence-corrected chi connectivity index (χ2v) is 8.93. The summed E-state index contributed by atoms with van der Waals surface area (Å²) in [4.78, 5) is 53.2. The van der Waals surface area contributed by atoms with Crippen LogP contribution in [-0.4, -0.2) is 74.8 Å². The van der Waals surface area contributed by atoms with Crippen LogP contribution in [0.3, 0.4) is 0 Å². The van der Waals surface area contributed by atoms with E-state index in [0.29, 0.717) is 11.1 Å². The van der Waals surface area contributed by atoms with E-state index in [0.717, 1.165) is 10.9 Å². The van der Waals surface area contributed by atoms with Gasteiger partial charge in [0.15, 0.2) is 0 Å². The van der Waals surface area contributed by atoms with Crippen molar-refractivity contribution in [3.8, 4) is 5.75 Å². The summed E-state index contributed by atoms with van der Waals surface area (Å²) in [6.45, 7) is 0.651. The van der Waals surface area contributed by atoms with Gasteiger partial charge in [-0.2, -0.15) is 0 Å². The highest BCUT2D eigenvalue weighted by molar-refractivity contribution is 5.94. The number of aromatic nitrogens is 1. The Labute approximate surface area is 218 Å². The Balaban J connectivity index is 1.80. The van der Waals surface area contributed by atoms with Gasteiger partial charge in [0.1, 0.15) is 23.9 Å². The third-order valence-corrected chi connectivity index (χ3v) is 5.95. The lowest BCUT2D eigenvalue weighted by Gasteiger charge is -2.24. The fourth-order valence-electron chi connectivity index (χ4n) is 3.84. The number of aromatic hydroxyl groups is 1. The number of hydrogen-bond donors (Lipinski definition) is 8. The van der Waals surface area contributed by atoms with Gasteiger partial charge in [-0.05, 0) is 36.2 Å². The molecule has 1 aromatic heterocycles. The molecule has 0 fully saturated rings. The van der Waals surface area contributed by atoms with Gasteiger partial charge in [-0.15, -0.1) is 0 Å². The maximum Gasteiger partial charge on any atom is 0.326 e. The second kappa shape index (κ2) is 12.7. The summed E-state index contributed by atoms with van der Waals surface area (Å²) >= 11 is 0. The predicted octanol–water partition coefficient (Wildman–Crippen LogP) is -0.463. The number of carbonyl (C=O) groups excluding carboxylic acids is 3. The van der Waals surface area contributed by atoms with E-state index < -0.39 is 54.5 Å². The van der Waals surface area contributed by atoms with Crippen LogP contribution in [0.4, 0.5) is 0 Å². The number of rotatable bonds is 12. The zero-order chi connectivity index (χ0) is 27.8. The van der Waals surface area contributed by atoms with E-state index in [1.807, 2.05) is 24.3 Å². The Bertz CT molecular complexity index is 1290. The summed E-state index contributed by atoms with van der Waals surface area (Å²) in [6, 6.07) is 8.34. The molecule has 12 nitrogen and oxygen atoms in total. The monoisotopic (exact) mass is 525 g/mol. The van der Waals surface area contributed by atoms with E-state index in [4.69, 9.17) is 5.73 Å². The van der Waals surface area contributed by atoms with Gasteiger partial charge in [-0.3, -0.25) is 14.4 Å². The average Bonchev–Trinajstić information content (AvgIpc) is 3.30. The normalized spacial score (nSPS) is 14.2. The average molecular weight is 526 g/mol. The van der Waals surface area contributed by atoms with Gasteiger partial charge in [-0.1, -0.05) is 30.3 Å². The first-order chi connectivity index (χ1) is 18.1. The largest absolute Gasteiger partial charge is 0.508 e. The highest BCUT2D eigenvalue weighted by atomic mass is 16.4. The number of H-pyrrole nitrogens is 1. The number of para-hydroxylation sites is 1. The fourth-order valence-corrected chi connectivity index (χ4v) is 3.84. The van der Waals surface area contributed by atoms with Crippen molar-refractivity contribution in [2.45, 2.75) is 43.9 Å². The Morgan fingerprint density at radius 1 is 0.868 bits per heavy atom. The van der Waals surface area contributed by atoms with Crippen LogP contribution in [0.2, 0.25) is 0 Å². The van der Waals surface area contributed by atoms with Crippen molar-refractivity contribution in [2.75, 3.05) is 6.61 Å². The molecule has 0 aliphatic heterocycles. The highest BCUT2D eigenvalue weighted by Gasteiger charge is 2.30. The van der Waals surface area contributed by atoms with Crippen molar-refractivity contribution in [1.82, 2.24) is 20.9 Å². The van der Waals surface area contributed by atoms with Crippen LogP contribution >= 0.6 is 0 Å². The number of amides is 3. The number of aromatic amines is 1. The smallest absolute Gasteiger partial charge is 0.326 e. The van der Waals surface area contributed by atoms with E-state index in [2.05, 4.69) is 20.9 Å². The molecule has 0 aliphatic rings. The van der Waals surface area contributed by atoms with Crippen LogP contribution in [0, 0.1) is 0 Å². The molecule has 0 radical (unpaired) electrons. The SMILES string of the molecule is CC(N)C(=O)NC(CO)C(=O)NC(Cc1ccc(O)cc1)C(=O)NC(Cc1c[nH]c2ccccc12)C(=O)O. The molecule has 2 aromatic carbocycles. The van der Waals surface area contributed by atoms with Gasteiger partial charge in [0, 0.05) is 29.9 Å². The third kappa shape index (κ3) is 7.31. The number of benzene rings is 2. The van der Waals surface area contributed by atoms with E-state index >= 15 is 0 Å². The molecular formula is C26H31N5O7. The van der Waals surface area contributed by atoms with Gasteiger partial charge in [-0.25, -0.2) is 4.79 Å². The molecule has 0 spiro atoms. The molecule has 4 atom stereocenters. The number of hydrogen-bond acceptors (Lipinski definition) is 7. The van der Waals surface area contributed by atoms with Crippen LogP contribution in [0.25, 0.3) is 10.9 Å². The van der Waals surface area contributed by atoms with Gasteiger partial charge < -0.3 is 42.0 Å². The molecule has 0 aliphatic carbocycles. The van der Waals surface area contributed by atoms with Crippen molar-refractivity contribution in [1.29, 1.82) is 0 Å². The fraction of sp³-hybridized carbons (Fsp3) is 0.308. The number of carboxylic acid groups (broad SMARTS) is 1. The van der Waals surface area contributed by atoms with Crippen molar-refractivity contribution in [3.63, 3.8) is 0 Å². The predicted molar refractivity (Wildman–Crippen MR) is 138 cm³/mol. The van der Waals surface area contributed by atoms with E-state index in [9.17, 15) is 34.5 Å². The highest BCUT2D eigenvalue weighted by Crippen LogP contribution is 2.19. The number of phenols is 1. The summed E-state index contributed by atoms with van der Waals surface area (Å²) < 4.78 is 0. The lowest BCUT2D eigenvalue weighted by molar-refractivity contribution is -0.142. The quantitative estimate of drug-likeness (QED) is 0.155. The summed E-state index contributed by atoms with van der Waals surface area (Å²) in [5.41, 5.74) is 7.58. The van der Waals surface area contributed by atoms with E-state index in [-0.39, 0.29) is 18.6 Å². The number of nitrogens with two attached hydrogens (primary N) is 1. The Morgan fingerprint density at radius 2 is 1.47 bits per heavy atom. The van der Waals surface area contributed by atoms with Gasteiger partial charge in [0.25, 0.3) is 0 Å². The molecule has 202 valence electrons.